The van der Waals surface area contributed by atoms with Gasteiger partial charge in [0.05, 0.1) is 0 Å². The van der Waals surface area contributed by atoms with E-state index in [-0.39, 0.29) is 5.91 Å². The number of hydrazine groups is 1. The maximum absolute atomic E-state index is 11.5. The Morgan fingerprint density at radius 3 is 2.67 bits per heavy atom. The van der Waals surface area contributed by atoms with E-state index in [1.807, 2.05) is 24.3 Å². The minimum atomic E-state index is -0.320. The summed E-state index contributed by atoms with van der Waals surface area (Å²) in [6.45, 7) is 2.53. The summed E-state index contributed by atoms with van der Waals surface area (Å²) in [4.78, 5) is 11.5. The van der Waals surface area contributed by atoms with Crippen LogP contribution in [0.2, 0.25) is 0 Å². The van der Waals surface area contributed by atoms with Crippen LogP contribution in [0.4, 0.5) is 0 Å². The van der Waals surface area contributed by atoms with Crippen molar-refractivity contribution in [1.29, 1.82) is 0 Å². The summed E-state index contributed by atoms with van der Waals surface area (Å²) in [6, 6.07) is 13.3. The van der Waals surface area contributed by atoms with E-state index in [0.29, 0.717) is 12.2 Å². The number of para-hydroxylation sites is 1. The smallest absolute Gasteiger partial charge is 0.265 e. The van der Waals surface area contributed by atoms with E-state index in [2.05, 4.69) is 34.3 Å². The first-order valence-corrected chi connectivity index (χ1v) is 7.45. The molecule has 2 aromatic rings. The number of halogens is 1. The molecule has 0 atom stereocenters. The Hall–Kier alpha value is -1.85. The second-order valence-corrected chi connectivity index (χ2v) is 5.38. The first-order chi connectivity index (χ1) is 10.2. The van der Waals surface area contributed by atoms with Gasteiger partial charge in [0.2, 0.25) is 0 Å². The zero-order valence-electron chi connectivity index (χ0n) is 11.7. The average Bonchev–Trinajstić information content (AvgIpc) is 2.53. The van der Waals surface area contributed by atoms with Crippen LogP contribution in [0.1, 0.15) is 28.4 Å². The molecule has 0 radical (unpaired) electrons. The van der Waals surface area contributed by atoms with Crippen LogP contribution in [0.5, 0.6) is 5.75 Å². The highest BCUT2D eigenvalue weighted by Crippen LogP contribution is 2.23. The van der Waals surface area contributed by atoms with E-state index in [0.717, 1.165) is 22.2 Å². The van der Waals surface area contributed by atoms with Crippen molar-refractivity contribution < 1.29 is 9.53 Å². The molecule has 2 rings (SSSR count). The number of nitrogens with two attached hydrogens (primary N) is 1. The lowest BCUT2D eigenvalue weighted by Gasteiger charge is -2.12. The Bertz CT molecular complexity index is 644. The van der Waals surface area contributed by atoms with E-state index in [1.54, 1.807) is 12.1 Å². The molecule has 0 aromatic heterocycles. The molecule has 0 heterocycles. The van der Waals surface area contributed by atoms with Gasteiger partial charge in [-0.05, 0) is 30.2 Å². The number of benzene rings is 2. The molecule has 0 aliphatic carbocycles. The van der Waals surface area contributed by atoms with Gasteiger partial charge in [-0.25, -0.2) is 5.84 Å². The van der Waals surface area contributed by atoms with Gasteiger partial charge in [0.15, 0.2) is 0 Å². The lowest BCUT2D eigenvalue weighted by molar-refractivity contribution is 0.0953. The number of rotatable bonds is 5. The van der Waals surface area contributed by atoms with Crippen LogP contribution in [0.3, 0.4) is 0 Å². The normalized spacial score (nSPS) is 10.2. The molecule has 0 aliphatic heterocycles. The number of ether oxygens (including phenoxy) is 1. The molecule has 0 spiro atoms. The molecule has 110 valence electrons. The van der Waals surface area contributed by atoms with Crippen molar-refractivity contribution >= 4 is 21.8 Å². The van der Waals surface area contributed by atoms with Gasteiger partial charge in [-0.15, -0.1) is 0 Å². The van der Waals surface area contributed by atoms with Gasteiger partial charge >= 0.3 is 0 Å². The van der Waals surface area contributed by atoms with Gasteiger partial charge in [0.1, 0.15) is 12.4 Å². The Morgan fingerprint density at radius 2 is 2.00 bits per heavy atom. The van der Waals surface area contributed by atoms with Gasteiger partial charge in [-0.2, -0.15) is 0 Å². The number of hydrogen-bond donors (Lipinski definition) is 2. The van der Waals surface area contributed by atoms with Crippen molar-refractivity contribution in [3.05, 3.63) is 63.6 Å². The molecule has 0 aliphatic rings. The maximum atomic E-state index is 11.5. The standard InChI is InChI=1S/C16H17BrN2O2/c1-2-11-5-3-4-6-15(11)21-10-13-8-7-12(9-14(13)17)16(20)19-18/h3-9H,2,10,18H2,1H3,(H,19,20). The minimum Gasteiger partial charge on any atom is -0.489 e. The van der Waals surface area contributed by atoms with E-state index in [1.165, 1.54) is 5.56 Å². The van der Waals surface area contributed by atoms with E-state index in [9.17, 15) is 4.79 Å². The molecule has 0 bridgehead atoms. The monoisotopic (exact) mass is 348 g/mol. The minimum absolute atomic E-state index is 0.320. The van der Waals surface area contributed by atoms with E-state index < -0.39 is 0 Å². The number of nitrogen functional groups attached to an aromatic ring is 1. The lowest BCUT2D eigenvalue weighted by Crippen LogP contribution is -2.29. The van der Waals surface area contributed by atoms with Crippen molar-refractivity contribution in [2.24, 2.45) is 5.84 Å². The molecule has 2 aromatic carbocycles. The third-order valence-corrected chi connectivity index (χ3v) is 3.92. The molecule has 0 saturated heterocycles. The summed E-state index contributed by atoms with van der Waals surface area (Å²) in [6.07, 6.45) is 0.924. The summed E-state index contributed by atoms with van der Waals surface area (Å²) in [5.74, 6) is 5.68. The van der Waals surface area contributed by atoms with Crippen LogP contribution >= 0.6 is 15.9 Å². The molecular weight excluding hydrogens is 332 g/mol. The Balaban J connectivity index is 2.12. The lowest BCUT2D eigenvalue weighted by atomic mass is 10.1. The number of nitrogens with one attached hydrogen (secondary N) is 1. The molecule has 21 heavy (non-hydrogen) atoms. The number of carbonyl (C=O) groups is 1. The average molecular weight is 349 g/mol. The highest BCUT2D eigenvalue weighted by Gasteiger charge is 2.08. The third-order valence-electron chi connectivity index (χ3n) is 3.18. The van der Waals surface area contributed by atoms with E-state index in [4.69, 9.17) is 10.6 Å². The fourth-order valence-electron chi connectivity index (χ4n) is 1.98. The van der Waals surface area contributed by atoms with Gasteiger partial charge in [-0.1, -0.05) is 47.1 Å². The first-order valence-electron chi connectivity index (χ1n) is 6.65. The Kier molecular flexibility index (Phi) is 5.36. The summed E-state index contributed by atoms with van der Waals surface area (Å²) >= 11 is 3.45. The summed E-state index contributed by atoms with van der Waals surface area (Å²) in [5.41, 5.74) is 4.75. The van der Waals surface area contributed by atoms with Crippen LogP contribution in [-0.2, 0) is 13.0 Å². The van der Waals surface area contributed by atoms with Crippen LogP contribution in [0.15, 0.2) is 46.9 Å². The summed E-state index contributed by atoms with van der Waals surface area (Å²) < 4.78 is 6.68. The molecule has 3 N–H and O–H groups in total. The highest BCUT2D eigenvalue weighted by molar-refractivity contribution is 9.10. The molecule has 0 saturated carbocycles. The van der Waals surface area contributed by atoms with Crippen molar-refractivity contribution in [3.8, 4) is 5.75 Å². The maximum Gasteiger partial charge on any atom is 0.265 e. The number of amides is 1. The zero-order chi connectivity index (χ0) is 15.2. The quantitative estimate of drug-likeness (QED) is 0.495. The van der Waals surface area contributed by atoms with Crippen molar-refractivity contribution in [2.45, 2.75) is 20.0 Å². The topological polar surface area (TPSA) is 64.3 Å². The van der Waals surface area contributed by atoms with Crippen molar-refractivity contribution in [2.75, 3.05) is 0 Å². The largest absolute Gasteiger partial charge is 0.489 e. The van der Waals surface area contributed by atoms with Crippen LogP contribution in [0, 0.1) is 0 Å². The summed E-state index contributed by atoms with van der Waals surface area (Å²) in [5, 5.41) is 0. The van der Waals surface area contributed by atoms with Gasteiger partial charge in [0.25, 0.3) is 5.91 Å². The molecule has 4 nitrogen and oxygen atoms in total. The molecule has 0 fully saturated rings. The van der Waals surface area contributed by atoms with Crippen LogP contribution in [0.25, 0.3) is 0 Å². The Morgan fingerprint density at radius 1 is 1.24 bits per heavy atom. The van der Waals surface area contributed by atoms with Gasteiger partial charge in [0, 0.05) is 15.6 Å². The molecule has 1 amide bonds. The molecule has 5 heteroatoms. The predicted octanol–water partition coefficient (Wildman–Crippen LogP) is 3.19. The van der Waals surface area contributed by atoms with Crippen LogP contribution < -0.4 is 16.0 Å². The SMILES string of the molecule is CCc1ccccc1OCc1ccc(C(=O)NN)cc1Br. The fraction of sp³-hybridized carbons (Fsp3) is 0.188. The zero-order valence-corrected chi connectivity index (χ0v) is 13.3. The predicted molar refractivity (Wildman–Crippen MR) is 85.9 cm³/mol. The second-order valence-electron chi connectivity index (χ2n) is 4.53. The molecule has 0 unspecified atom stereocenters. The summed E-state index contributed by atoms with van der Waals surface area (Å²) in [7, 11) is 0. The molecular formula is C16H17BrN2O2. The van der Waals surface area contributed by atoms with Gasteiger partial charge in [-0.3, -0.25) is 10.2 Å². The van der Waals surface area contributed by atoms with Crippen molar-refractivity contribution in [3.63, 3.8) is 0 Å². The number of hydrogen-bond acceptors (Lipinski definition) is 3. The Labute approximate surface area is 132 Å². The van der Waals surface area contributed by atoms with E-state index >= 15 is 0 Å². The highest BCUT2D eigenvalue weighted by atomic mass is 79.9. The van der Waals surface area contributed by atoms with Gasteiger partial charge < -0.3 is 4.74 Å². The van der Waals surface area contributed by atoms with Crippen molar-refractivity contribution in [1.82, 2.24) is 5.43 Å². The van der Waals surface area contributed by atoms with Crippen LogP contribution in [-0.4, -0.2) is 5.91 Å². The fourth-order valence-corrected chi connectivity index (χ4v) is 2.47. The second kappa shape index (κ2) is 7.24. The number of carbonyl (C=O) groups excluding carboxylic acids is 1. The number of aryl methyl sites for hydroxylation is 1. The third kappa shape index (κ3) is 3.83. The first kappa shape index (κ1) is 15.5.